The maximum Gasteiger partial charge on any atom is 0.407 e. The van der Waals surface area contributed by atoms with Gasteiger partial charge in [0.05, 0.1) is 0 Å². The van der Waals surface area contributed by atoms with E-state index < -0.39 is 0 Å². The fourth-order valence-electron chi connectivity index (χ4n) is 3.79. The molecule has 2 aliphatic rings. The third-order valence-electron chi connectivity index (χ3n) is 5.17. The molecule has 0 aromatic heterocycles. The number of nitrogens with one attached hydrogen (secondary N) is 2. The number of nitrogens with zero attached hydrogens (tertiary/aromatic N) is 1. The number of alkyl carbamates (subject to hydrolysis) is 1. The van der Waals surface area contributed by atoms with Gasteiger partial charge in [-0.2, -0.15) is 0 Å². The Morgan fingerprint density at radius 2 is 1.88 bits per heavy atom. The molecule has 0 spiro atoms. The van der Waals surface area contributed by atoms with E-state index in [4.69, 9.17) is 4.74 Å². The van der Waals surface area contributed by atoms with E-state index in [1.54, 1.807) is 0 Å². The van der Waals surface area contributed by atoms with Gasteiger partial charge in [-0.25, -0.2) is 4.79 Å². The molecular formula is C20H31N3O2. The van der Waals surface area contributed by atoms with E-state index in [1.807, 2.05) is 30.3 Å². The molecule has 1 aliphatic heterocycles. The molecule has 1 aromatic rings. The van der Waals surface area contributed by atoms with E-state index in [-0.39, 0.29) is 12.1 Å². The molecule has 138 valence electrons. The highest BCUT2D eigenvalue weighted by molar-refractivity contribution is 5.67. The summed E-state index contributed by atoms with van der Waals surface area (Å²) in [5, 5.41) is 6.65. The van der Waals surface area contributed by atoms with Gasteiger partial charge in [0.1, 0.15) is 6.61 Å². The molecular weight excluding hydrogens is 314 g/mol. The number of hydrogen-bond donors (Lipinski definition) is 2. The van der Waals surface area contributed by atoms with Crippen LogP contribution < -0.4 is 10.6 Å². The van der Waals surface area contributed by atoms with Crippen LogP contribution in [-0.4, -0.2) is 48.8 Å². The van der Waals surface area contributed by atoms with Gasteiger partial charge in [0, 0.05) is 24.7 Å². The van der Waals surface area contributed by atoms with Crippen molar-refractivity contribution in [2.75, 3.05) is 19.6 Å². The number of ether oxygens (including phenoxy) is 1. The number of likely N-dealkylation sites (tertiary alicyclic amines) is 1. The molecule has 3 rings (SSSR count). The van der Waals surface area contributed by atoms with Crippen LogP contribution in [0.15, 0.2) is 30.3 Å². The molecule has 1 aromatic carbocycles. The average Bonchev–Trinajstić information content (AvgIpc) is 2.60. The maximum absolute atomic E-state index is 11.9. The standard InChI is InChI=1S/C20H31N3O2/c1-16(14-23-10-6-3-7-11-23)21-18-12-19(13-18)22-20(24)25-15-17-8-4-2-5-9-17/h2,4-5,8-9,16,18-19,21H,3,6-7,10-15H2,1H3,(H,22,24). The van der Waals surface area contributed by atoms with E-state index >= 15 is 0 Å². The van der Waals surface area contributed by atoms with E-state index in [2.05, 4.69) is 22.5 Å². The summed E-state index contributed by atoms with van der Waals surface area (Å²) in [5.41, 5.74) is 1.01. The van der Waals surface area contributed by atoms with E-state index in [0.717, 1.165) is 24.9 Å². The van der Waals surface area contributed by atoms with E-state index in [0.29, 0.717) is 18.7 Å². The Bertz CT molecular complexity index is 525. The highest BCUT2D eigenvalue weighted by atomic mass is 16.5. The molecule has 2 fully saturated rings. The third kappa shape index (κ3) is 6.01. The Labute approximate surface area is 151 Å². The number of benzene rings is 1. The van der Waals surface area contributed by atoms with Gasteiger partial charge in [-0.1, -0.05) is 36.8 Å². The lowest BCUT2D eigenvalue weighted by Gasteiger charge is -2.39. The summed E-state index contributed by atoms with van der Waals surface area (Å²) in [6.07, 6.45) is 5.73. The van der Waals surface area contributed by atoms with Gasteiger partial charge in [0.15, 0.2) is 0 Å². The lowest BCUT2D eigenvalue weighted by molar-refractivity contribution is 0.123. The molecule has 1 saturated carbocycles. The van der Waals surface area contributed by atoms with Gasteiger partial charge < -0.3 is 20.3 Å². The summed E-state index contributed by atoms with van der Waals surface area (Å²) in [6, 6.07) is 11.0. The molecule has 1 heterocycles. The summed E-state index contributed by atoms with van der Waals surface area (Å²) in [4.78, 5) is 14.4. The number of rotatable bonds is 7. The molecule has 0 bridgehead atoms. The Balaban J connectivity index is 1.26. The van der Waals surface area contributed by atoms with Crippen molar-refractivity contribution < 1.29 is 9.53 Å². The van der Waals surface area contributed by atoms with Crippen molar-refractivity contribution >= 4 is 6.09 Å². The van der Waals surface area contributed by atoms with Crippen LogP contribution in [0.2, 0.25) is 0 Å². The minimum atomic E-state index is -0.311. The highest BCUT2D eigenvalue weighted by Gasteiger charge is 2.31. The van der Waals surface area contributed by atoms with Crippen molar-refractivity contribution in [3.63, 3.8) is 0 Å². The molecule has 1 atom stereocenters. The van der Waals surface area contributed by atoms with Gasteiger partial charge in [0.25, 0.3) is 0 Å². The van der Waals surface area contributed by atoms with Crippen molar-refractivity contribution in [3.8, 4) is 0 Å². The first-order valence-corrected chi connectivity index (χ1v) is 9.64. The van der Waals surface area contributed by atoms with E-state index in [9.17, 15) is 4.79 Å². The van der Waals surface area contributed by atoms with Crippen molar-refractivity contribution in [1.29, 1.82) is 0 Å². The Hall–Kier alpha value is -1.59. The Morgan fingerprint density at radius 3 is 2.60 bits per heavy atom. The summed E-state index contributed by atoms with van der Waals surface area (Å²) < 4.78 is 5.27. The first kappa shape index (κ1) is 18.2. The van der Waals surface area contributed by atoms with E-state index in [1.165, 1.54) is 32.4 Å². The zero-order valence-electron chi connectivity index (χ0n) is 15.2. The topological polar surface area (TPSA) is 53.6 Å². The SMILES string of the molecule is CC(CN1CCCCC1)NC1CC(NC(=O)OCc2ccccc2)C1. The largest absolute Gasteiger partial charge is 0.445 e. The van der Waals surface area contributed by atoms with Crippen LogP contribution in [-0.2, 0) is 11.3 Å². The predicted molar refractivity (Wildman–Crippen MR) is 99.5 cm³/mol. The first-order chi connectivity index (χ1) is 12.2. The molecule has 25 heavy (non-hydrogen) atoms. The number of carbonyl (C=O) groups excluding carboxylic acids is 1. The van der Waals surface area contributed by atoms with Crippen molar-refractivity contribution in [2.45, 2.75) is 63.8 Å². The molecule has 5 heteroatoms. The minimum Gasteiger partial charge on any atom is -0.445 e. The number of piperidine rings is 1. The van der Waals surface area contributed by atoms with Crippen LogP contribution in [0.5, 0.6) is 0 Å². The fourth-order valence-corrected chi connectivity index (χ4v) is 3.79. The zero-order valence-corrected chi connectivity index (χ0v) is 15.2. The number of amides is 1. The molecule has 1 unspecified atom stereocenters. The third-order valence-corrected chi connectivity index (χ3v) is 5.17. The smallest absolute Gasteiger partial charge is 0.407 e. The van der Waals surface area contributed by atoms with Crippen LogP contribution >= 0.6 is 0 Å². The second-order valence-electron chi connectivity index (χ2n) is 7.50. The maximum atomic E-state index is 11.9. The van der Waals surface area contributed by atoms with Gasteiger partial charge in [-0.3, -0.25) is 0 Å². The van der Waals surface area contributed by atoms with Crippen molar-refractivity contribution in [3.05, 3.63) is 35.9 Å². The van der Waals surface area contributed by atoms with Gasteiger partial charge in [0.2, 0.25) is 0 Å². The minimum absolute atomic E-state index is 0.239. The second kappa shape index (κ2) is 9.20. The van der Waals surface area contributed by atoms with Crippen LogP contribution in [0, 0.1) is 0 Å². The fraction of sp³-hybridized carbons (Fsp3) is 0.650. The summed E-state index contributed by atoms with van der Waals surface area (Å²) in [5.74, 6) is 0. The second-order valence-corrected chi connectivity index (χ2v) is 7.50. The lowest BCUT2D eigenvalue weighted by Crippen LogP contribution is -2.56. The normalized spacial score (nSPS) is 25.0. The van der Waals surface area contributed by atoms with Crippen LogP contribution in [0.4, 0.5) is 4.79 Å². The Kier molecular flexibility index (Phi) is 6.70. The lowest BCUT2D eigenvalue weighted by atomic mass is 9.86. The van der Waals surface area contributed by atoms with Crippen LogP contribution in [0.3, 0.4) is 0 Å². The van der Waals surface area contributed by atoms with Crippen molar-refractivity contribution in [2.24, 2.45) is 0 Å². The number of carbonyl (C=O) groups is 1. The summed E-state index contributed by atoms with van der Waals surface area (Å²) in [6.45, 7) is 6.22. The first-order valence-electron chi connectivity index (χ1n) is 9.64. The molecule has 1 saturated heterocycles. The summed E-state index contributed by atoms with van der Waals surface area (Å²) in [7, 11) is 0. The molecule has 1 amide bonds. The van der Waals surface area contributed by atoms with Gasteiger partial charge in [-0.05, 0) is 51.3 Å². The quantitative estimate of drug-likeness (QED) is 0.798. The average molecular weight is 345 g/mol. The van der Waals surface area contributed by atoms with Crippen LogP contribution in [0.25, 0.3) is 0 Å². The molecule has 5 nitrogen and oxygen atoms in total. The highest BCUT2D eigenvalue weighted by Crippen LogP contribution is 2.21. The zero-order chi connectivity index (χ0) is 17.5. The van der Waals surface area contributed by atoms with Gasteiger partial charge in [-0.15, -0.1) is 0 Å². The summed E-state index contributed by atoms with van der Waals surface area (Å²) >= 11 is 0. The molecule has 1 aliphatic carbocycles. The van der Waals surface area contributed by atoms with Crippen molar-refractivity contribution in [1.82, 2.24) is 15.5 Å². The predicted octanol–water partition coefficient (Wildman–Crippen LogP) is 2.91. The monoisotopic (exact) mass is 345 g/mol. The Morgan fingerprint density at radius 1 is 1.16 bits per heavy atom. The molecule has 0 radical (unpaired) electrons. The molecule has 2 N–H and O–H groups in total. The van der Waals surface area contributed by atoms with Gasteiger partial charge >= 0.3 is 6.09 Å². The van der Waals surface area contributed by atoms with Crippen LogP contribution in [0.1, 0.15) is 44.6 Å². The number of hydrogen-bond acceptors (Lipinski definition) is 4.